The standard InChI is InChI=1S/C32H34F2N4O4S.C27H30F2N2O4/c1-2-21-4-3-5-22(10-21)16-38(17-29(39)28(35)13-23-11-25(33)14-26(34)12-23)32(41)19-43-18-31(40)37-27-8-6-24(7-9-27)30-15-36-20-42-30;1-2-18-5-3-6-19(11-18)16-31(27(34)9-8-24(32)26-7-4-10-35-26)17-25(33)23(30)14-20-12-21(28)15-22(29)13-20/h3-12,14-15,20,28-29,39H,2,13,16-19,35H2,1H3,(H,37,40);3-7,10-13,15,23,25,33H,2,8-9,14,16-17,30H2,1H3/t28-,29+;23-,25+/m00/s1. The van der Waals surface area contributed by atoms with Gasteiger partial charge in [0.25, 0.3) is 0 Å². The Morgan fingerprint density at radius 3 is 1.60 bits per heavy atom. The summed E-state index contributed by atoms with van der Waals surface area (Å²) in [5.74, 6) is -3.22. The summed E-state index contributed by atoms with van der Waals surface area (Å²) in [5, 5.41) is 24.4. The fourth-order valence-corrected chi connectivity index (χ4v) is 9.09. The predicted octanol–water partition coefficient (Wildman–Crippen LogP) is 8.86. The Kier molecular flexibility index (Phi) is 22.9. The molecule has 4 atom stereocenters. The molecule has 0 unspecified atom stereocenters. The summed E-state index contributed by atoms with van der Waals surface area (Å²) < 4.78 is 64.7. The van der Waals surface area contributed by atoms with Gasteiger partial charge in [0.05, 0.1) is 36.2 Å². The summed E-state index contributed by atoms with van der Waals surface area (Å²) in [6, 6.07) is 30.3. The Balaban J connectivity index is 0.000000258. The number of aliphatic hydroxyl groups is 2. The number of carbonyl (C=O) groups is 4. The van der Waals surface area contributed by atoms with Gasteiger partial charge in [-0.2, -0.15) is 0 Å². The minimum absolute atomic E-state index is 0.00237. The highest BCUT2D eigenvalue weighted by Gasteiger charge is 2.26. The molecule has 78 heavy (non-hydrogen) atoms. The van der Waals surface area contributed by atoms with Gasteiger partial charge in [-0.25, -0.2) is 22.5 Å². The van der Waals surface area contributed by atoms with Gasteiger partial charge >= 0.3 is 0 Å². The first-order valence-electron chi connectivity index (χ1n) is 25.4. The van der Waals surface area contributed by atoms with Gasteiger partial charge in [-0.15, -0.1) is 11.8 Å². The number of Topliss-reactive ketones (excluding diaryl/α,β-unsaturated/α-hetero) is 1. The molecule has 5 aromatic carbocycles. The van der Waals surface area contributed by atoms with E-state index >= 15 is 0 Å². The lowest BCUT2D eigenvalue weighted by atomic mass is 10.0. The Morgan fingerprint density at radius 1 is 0.615 bits per heavy atom. The molecule has 19 heteroatoms. The lowest BCUT2D eigenvalue weighted by Crippen LogP contribution is -2.46. The van der Waals surface area contributed by atoms with E-state index in [0.717, 1.165) is 76.7 Å². The van der Waals surface area contributed by atoms with Crippen LogP contribution in [0.2, 0.25) is 0 Å². The van der Waals surface area contributed by atoms with Crippen LogP contribution in [0.25, 0.3) is 11.3 Å². The van der Waals surface area contributed by atoms with Gasteiger partial charge in [0, 0.05) is 74.5 Å². The maximum absolute atomic E-state index is 13.6. The number of rotatable bonds is 26. The van der Waals surface area contributed by atoms with Gasteiger partial charge in [-0.1, -0.05) is 62.4 Å². The first kappa shape index (κ1) is 59.8. The summed E-state index contributed by atoms with van der Waals surface area (Å²) in [4.78, 5) is 58.0. The highest BCUT2D eigenvalue weighted by atomic mass is 32.2. The van der Waals surface area contributed by atoms with Crippen LogP contribution in [0, 0.1) is 23.3 Å². The minimum Gasteiger partial charge on any atom is -0.461 e. The maximum atomic E-state index is 13.6. The van der Waals surface area contributed by atoms with Crippen molar-refractivity contribution in [1.29, 1.82) is 0 Å². The van der Waals surface area contributed by atoms with Crippen LogP contribution in [-0.2, 0) is 53.2 Å². The third-order valence-electron chi connectivity index (χ3n) is 12.5. The highest BCUT2D eigenvalue weighted by molar-refractivity contribution is 8.00. The van der Waals surface area contributed by atoms with Crippen molar-refractivity contribution in [3.05, 3.63) is 203 Å². The first-order chi connectivity index (χ1) is 37.4. The Hall–Kier alpha value is -7.42. The molecule has 0 fully saturated rings. The zero-order valence-corrected chi connectivity index (χ0v) is 44.2. The van der Waals surface area contributed by atoms with Crippen molar-refractivity contribution in [3.63, 3.8) is 0 Å². The van der Waals surface area contributed by atoms with Gasteiger partial charge in [-0.05, 0) is 120 Å². The van der Waals surface area contributed by atoms with E-state index < -0.39 is 47.6 Å². The number of hydrogen-bond acceptors (Lipinski definition) is 12. The van der Waals surface area contributed by atoms with E-state index in [1.165, 1.54) is 34.6 Å². The zero-order chi connectivity index (χ0) is 56.1. The zero-order valence-electron chi connectivity index (χ0n) is 43.3. The number of aryl methyl sites for hydroxylation is 2. The Morgan fingerprint density at radius 2 is 1.13 bits per heavy atom. The quantitative estimate of drug-likeness (QED) is 0.0254. The number of anilines is 1. The fourth-order valence-electron chi connectivity index (χ4n) is 8.38. The number of benzene rings is 5. The summed E-state index contributed by atoms with van der Waals surface area (Å²) >= 11 is 1.16. The lowest BCUT2D eigenvalue weighted by molar-refractivity contribution is -0.133. The van der Waals surface area contributed by atoms with Gasteiger partial charge in [0.15, 0.2) is 23.7 Å². The van der Waals surface area contributed by atoms with Crippen LogP contribution in [0.5, 0.6) is 0 Å². The number of hydrogen-bond donors (Lipinski definition) is 5. The topological polar surface area (TPSA) is 218 Å². The Bertz CT molecular complexity index is 3000. The number of furan rings is 1. The average molecular weight is 1090 g/mol. The number of aliphatic hydroxyl groups excluding tert-OH is 2. The number of oxazole rings is 1. The van der Waals surface area contributed by atoms with Crippen molar-refractivity contribution in [3.8, 4) is 11.3 Å². The van der Waals surface area contributed by atoms with Gasteiger partial charge < -0.3 is 45.6 Å². The monoisotopic (exact) mass is 1090 g/mol. The lowest BCUT2D eigenvalue weighted by Gasteiger charge is -2.28. The predicted molar refractivity (Wildman–Crippen MR) is 291 cm³/mol. The number of halogens is 4. The van der Waals surface area contributed by atoms with Crippen LogP contribution in [0.3, 0.4) is 0 Å². The van der Waals surface area contributed by atoms with Gasteiger partial charge in [0.2, 0.25) is 17.7 Å². The molecule has 7 N–H and O–H groups in total. The van der Waals surface area contributed by atoms with Crippen molar-refractivity contribution in [2.75, 3.05) is 29.9 Å². The van der Waals surface area contributed by atoms with Crippen LogP contribution in [0.15, 0.2) is 149 Å². The summed E-state index contributed by atoms with van der Waals surface area (Å²) in [6.45, 7) is 4.34. The normalized spacial score (nSPS) is 12.6. The molecular weight excluding hydrogens is 1030 g/mol. The van der Waals surface area contributed by atoms with Crippen LogP contribution >= 0.6 is 11.8 Å². The molecule has 2 aromatic heterocycles. The van der Waals surface area contributed by atoms with Crippen molar-refractivity contribution in [2.45, 2.75) is 89.8 Å². The van der Waals surface area contributed by atoms with E-state index in [-0.39, 0.29) is 92.6 Å². The molecule has 7 aromatic rings. The largest absolute Gasteiger partial charge is 0.461 e. The number of nitrogens with two attached hydrogens (primary N) is 2. The van der Waals surface area contributed by atoms with Crippen LogP contribution in [0.4, 0.5) is 23.2 Å². The molecule has 14 nitrogen and oxygen atoms in total. The fraction of sp³-hybridized carbons (Fsp3) is 0.305. The third-order valence-corrected chi connectivity index (χ3v) is 13.5. The van der Waals surface area contributed by atoms with E-state index in [9.17, 15) is 47.0 Å². The first-order valence-corrected chi connectivity index (χ1v) is 26.5. The summed E-state index contributed by atoms with van der Waals surface area (Å²) in [7, 11) is 0. The molecule has 0 aliphatic heterocycles. The van der Waals surface area contributed by atoms with Gasteiger partial charge in [-0.3, -0.25) is 19.2 Å². The van der Waals surface area contributed by atoms with Crippen LogP contribution in [0.1, 0.15) is 70.6 Å². The van der Waals surface area contributed by atoms with Crippen molar-refractivity contribution >= 4 is 41.0 Å². The number of nitrogens with zero attached hydrogens (tertiary/aromatic N) is 3. The van der Waals surface area contributed by atoms with E-state index in [1.54, 1.807) is 42.6 Å². The Labute approximate surface area is 454 Å². The van der Waals surface area contributed by atoms with E-state index in [1.807, 2.05) is 62.4 Å². The van der Waals surface area contributed by atoms with Crippen molar-refractivity contribution in [1.82, 2.24) is 14.8 Å². The molecule has 0 aliphatic rings. The molecule has 2 heterocycles. The van der Waals surface area contributed by atoms with Crippen LogP contribution < -0.4 is 16.8 Å². The SMILES string of the molecule is CCc1cccc(CN(C[C@@H](O)[C@@H](N)Cc2cc(F)cc(F)c2)C(=O)CCC(=O)c2ccco2)c1.CCc1cccc(CN(C[C@@H](O)[C@@H](N)Cc2cc(F)cc(F)c2)C(=O)CSCC(=O)Nc2ccc(-c3cnco3)cc2)c1. The molecule has 0 bridgehead atoms. The molecule has 0 spiro atoms. The maximum Gasteiger partial charge on any atom is 0.234 e. The highest BCUT2D eigenvalue weighted by Crippen LogP contribution is 2.22. The number of carbonyl (C=O) groups excluding carboxylic acids is 4. The van der Waals surface area contributed by atoms with E-state index in [2.05, 4.69) is 10.3 Å². The molecule has 0 radical (unpaired) electrons. The second-order valence-corrected chi connectivity index (χ2v) is 19.7. The number of aromatic nitrogens is 1. The van der Waals surface area contributed by atoms with Gasteiger partial charge in [0.1, 0.15) is 23.3 Å². The molecular formula is C59H64F4N6O8S. The van der Waals surface area contributed by atoms with Crippen molar-refractivity contribution < 1.29 is 55.8 Å². The summed E-state index contributed by atoms with van der Waals surface area (Å²) in [6.07, 6.45) is 3.64. The van der Waals surface area contributed by atoms with E-state index in [4.69, 9.17) is 20.3 Å². The second kappa shape index (κ2) is 29.9. The average Bonchev–Trinajstić information content (AvgIpc) is 4.17. The van der Waals surface area contributed by atoms with Crippen LogP contribution in [-0.4, -0.2) is 97.4 Å². The minimum atomic E-state index is -1.15. The molecule has 412 valence electrons. The number of ketones is 1. The number of amides is 3. The molecule has 7 rings (SSSR count). The third kappa shape index (κ3) is 19.2. The molecule has 0 saturated heterocycles. The molecule has 3 amide bonds. The smallest absolute Gasteiger partial charge is 0.234 e. The molecule has 0 saturated carbocycles. The second-order valence-electron chi connectivity index (χ2n) is 18.7. The summed E-state index contributed by atoms with van der Waals surface area (Å²) in [5.41, 5.74) is 18.3. The van der Waals surface area contributed by atoms with E-state index in [0.29, 0.717) is 22.6 Å². The number of thioether (sulfide) groups is 1. The van der Waals surface area contributed by atoms with Crippen molar-refractivity contribution in [2.24, 2.45) is 11.5 Å². The number of nitrogens with one attached hydrogen (secondary N) is 1. The molecule has 0 aliphatic carbocycles.